The Morgan fingerprint density at radius 2 is 1.42 bits per heavy atom. The van der Waals surface area contributed by atoms with Gasteiger partial charge in [-0.1, -0.05) is 57.9 Å². The van der Waals surface area contributed by atoms with E-state index in [9.17, 15) is 4.79 Å². The van der Waals surface area contributed by atoms with Crippen molar-refractivity contribution in [3.05, 3.63) is 12.2 Å². The van der Waals surface area contributed by atoms with E-state index in [1.807, 2.05) is 0 Å². The lowest BCUT2D eigenvalue weighted by atomic mass is 10.1. The molecule has 0 aromatic carbocycles. The molecule has 1 saturated heterocycles. The molecule has 140 valence electrons. The van der Waals surface area contributed by atoms with E-state index in [4.69, 9.17) is 9.47 Å². The van der Waals surface area contributed by atoms with Gasteiger partial charge in [0.2, 0.25) is 0 Å². The van der Waals surface area contributed by atoms with Crippen molar-refractivity contribution in [3.8, 4) is 0 Å². The van der Waals surface area contributed by atoms with E-state index in [-0.39, 0.29) is 5.97 Å². The molecule has 0 saturated carbocycles. The number of esters is 1. The molecule has 0 bridgehead atoms. The Kier molecular flexibility index (Phi) is 12.8. The van der Waals surface area contributed by atoms with Gasteiger partial charge in [-0.15, -0.1) is 0 Å². The maximum Gasteiger partial charge on any atom is 0.333 e. The maximum atomic E-state index is 11.2. The summed E-state index contributed by atoms with van der Waals surface area (Å²) in [5.41, 5.74) is 0.486. The molecule has 4 nitrogen and oxygen atoms in total. The van der Waals surface area contributed by atoms with E-state index < -0.39 is 0 Å². The summed E-state index contributed by atoms with van der Waals surface area (Å²) in [6, 6.07) is 0. The predicted molar refractivity (Wildman–Crippen MR) is 99.2 cm³/mol. The van der Waals surface area contributed by atoms with Crippen LogP contribution in [0.5, 0.6) is 0 Å². The van der Waals surface area contributed by atoms with Crippen LogP contribution in [0.3, 0.4) is 0 Å². The van der Waals surface area contributed by atoms with Gasteiger partial charge in [0.25, 0.3) is 0 Å². The zero-order chi connectivity index (χ0) is 17.5. The molecular formula is C20H37NO3. The maximum absolute atomic E-state index is 11.2. The largest absolute Gasteiger partial charge is 0.462 e. The van der Waals surface area contributed by atoms with Crippen LogP contribution in [-0.4, -0.2) is 50.3 Å². The van der Waals surface area contributed by atoms with Crippen molar-refractivity contribution < 1.29 is 14.3 Å². The highest BCUT2D eigenvalue weighted by atomic mass is 16.5. The number of carbonyl (C=O) groups is 1. The van der Waals surface area contributed by atoms with Crippen LogP contribution < -0.4 is 0 Å². The summed E-state index contributed by atoms with van der Waals surface area (Å²) in [7, 11) is 0. The average molecular weight is 340 g/mol. The zero-order valence-corrected chi connectivity index (χ0v) is 15.7. The first-order valence-corrected chi connectivity index (χ1v) is 9.83. The highest BCUT2D eigenvalue weighted by molar-refractivity contribution is 5.86. The SMILES string of the molecule is C=C(C)C(=O)OCCCCCCCCCCCCN1CCOCC1. The molecule has 1 fully saturated rings. The first-order valence-electron chi connectivity index (χ1n) is 9.83. The van der Waals surface area contributed by atoms with Crippen molar-refractivity contribution in [1.82, 2.24) is 4.90 Å². The van der Waals surface area contributed by atoms with Crippen LogP contribution in [0, 0.1) is 0 Å². The third-order valence-electron chi connectivity index (χ3n) is 4.55. The highest BCUT2D eigenvalue weighted by Gasteiger charge is 2.08. The number of ether oxygens (including phenoxy) is 2. The van der Waals surface area contributed by atoms with Crippen LogP contribution >= 0.6 is 0 Å². The van der Waals surface area contributed by atoms with Gasteiger partial charge in [0.1, 0.15) is 0 Å². The third-order valence-corrected chi connectivity index (χ3v) is 4.55. The van der Waals surface area contributed by atoms with Gasteiger partial charge in [0, 0.05) is 18.7 Å². The second kappa shape index (κ2) is 14.5. The minimum Gasteiger partial charge on any atom is -0.462 e. The highest BCUT2D eigenvalue weighted by Crippen LogP contribution is 2.11. The predicted octanol–water partition coefficient (Wildman–Crippen LogP) is 4.34. The van der Waals surface area contributed by atoms with Gasteiger partial charge in [-0.3, -0.25) is 4.90 Å². The van der Waals surface area contributed by atoms with Gasteiger partial charge in [0.15, 0.2) is 0 Å². The first-order chi connectivity index (χ1) is 11.7. The van der Waals surface area contributed by atoms with Crippen LogP contribution in [0.4, 0.5) is 0 Å². The fourth-order valence-corrected chi connectivity index (χ4v) is 2.96. The number of morpholine rings is 1. The van der Waals surface area contributed by atoms with Gasteiger partial charge in [-0.05, 0) is 26.3 Å². The number of hydrogen-bond donors (Lipinski definition) is 0. The second-order valence-electron chi connectivity index (χ2n) is 6.91. The topological polar surface area (TPSA) is 38.8 Å². The van der Waals surface area contributed by atoms with Crippen LogP contribution in [-0.2, 0) is 14.3 Å². The molecule has 0 radical (unpaired) electrons. The molecular weight excluding hydrogens is 302 g/mol. The van der Waals surface area contributed by atoms with Crippen molar-refractivity contribution in [3.63, 3.8) is 0 Å². The van der Waals surface area contributed by atoms with Crippen molar-refractivity contribution in [2.45, 2.75) is 71.1 Å². The lowest BCUT2D eigenvalue weighted by Crippen LogP contribution is -2.36. The molecule has 1 aliphatic heterocycles. The molecule has 0 unspecified atom stereocenters. The Hall–Kier alpha value is -0.870. The van der Waals surface area contributed by atoms with E-state index >= 15 is 0 Å². The monoisotopic (exact) mass is 339 g/mol. The molecule has 0 aromatic heterocycles. The van der Waals surface area contributed by atoms with Crippen LogP contribution in [0.25, 0.3) is 0 Å². The summed E-state index contributed by atoms with van der Waals surface area (Å²) in [6.07, 6.45) is 12.8. The van der Waals surface area contributed by atoms with Gasteiger partial charge in [-0.25, -0.2) is 4.79 Å². The molecule has 0 atom stereocenters. The first kappa shape index (κ1) is 21.2. The van der Waals surface area contributed by atoms with E-state index in [2.05, 4.69) is 11.5 Å². The molecule has 1 rings (SSSR count). The number of unbranched alkanes of at least 4 members (excludes halogenated alkanes) is 9. The molecule has 0 amide bonds. The smallest absolute Gasteiger partial charge is 0.333 e. The summed E-state index contributed by atoms with van der Waals surface area (Å²) >= 11 is 0. The van der Waals surface area contributed by atoms with Crippen LogP contribution in [0.1, 0.15) is 71.1 Å². The van der Waals surface area contributed by atoms with Gasteiger partial charge in [0.05, 0.1) is 19.8 Å². The molecule has 0 aromatic rings. The molecule has 1 aliphatic rings. The number of carbonyl (C=O) groups excluding carboxylic acids is 1. The Labute approximate surface area is 148 Å². The Bertz CT molecular complexity index is 338. The van der Waals surface area contributed by atoms with Crippen LogP contribution in [0.15, 0.2) is 12.2 Å². The molecule has 1 heterocycles. The zero-order valence-electron chi connectivity index (χ0n) is 15.7. The fourth-order valence-electron chi connectivity index (χ4n) is 2.96. The Morgan fingerprint density at radius 1 is 0.917 bits per heavy atom. The number of nitrogens with zero attached hydrogens (tertiary/aromatic N) is 1. The van der Waals surface area contributed by atoms with Crippen molar-refractivity contribution in [1.29, 1.82) is 0 Å². The van der Waals surface area contributed by atoms with Crippen LogP contribution in [0.2, 0.25) is 0 Å². The van der Waals surface area contributed by atoms with Gasteiger partial charge < -0.3 is 9.47 Å². The molecule has 0 aliphatic carbocycles. The molecule has 0 N–H and O–H groups in total. The van der Waals surface area contributed by atoms with E-state index in [0.29, 0.717) is 12.2 Å². The standard InChI is InChI=1S/C20H37NO3/c1-19(2)20(22)24-16-12-10-8-6-4-3-5-7-9-11-13-21-14-17-23-18-15-21/h1,3-18H2,2H3. The van der Waals surface area contributed by atoms with E-state index in [0.717, 1.165) is 39.1 Å². The fraction of sp³-hybridized carbons (Fsp3) is 0.850. The third kappa shape index (κ3) is 11.6. The van der Waals surface area contributed by atoms with E-state index in [1.54, 1.807) is 6.92 Å². The summed E-state index contributed by atoms with van der Waals surface area (Å²) in [5.74, 6) is -0.261. The van der Waals surface area contributed by atoms with Crippen molar-refractivity contribution in [2.75, 3.05) is 39.5 Å². The number of rotatable bonds is 14. The van der Waals surface area contributed by atoms with E-state index in [1.165, 1.54) is 57.9 Å². The lowest BCUT2D eigenvalue weighted by Gasteiger charge is -2.26. The second-order valence-corrected chi connectivity index (χ2v) is 6.91. The summed E-state index contributed by atoms with van der Waals surface area (Å²) in [5, 5.41) is 0. The van der Waals surface area contributed by atoms with Gasteiger partial charge in [-0.2, -0.15) is 0 Å². The summed E-state index contributed by atoms with van der Waals surface area (Å²) < 4.78 is 10.4. The normalized spacial score (nSPS) is 15.4. The lowest BCUT2D eigenvalue weighted by molar-refractivity contribution is -0.139. The van der Waals surface area contributed by atoms with Crippen molar-refractivity contribution >= 4 is 5.97 Å². The summed E-state index contributed by atoms with van der Waals surface area (Å²) in [4.78, 5) is 13.7. The average Bonchev–Trinajstić information content (AvgIpc) is 2.59. The minimum atomic E-state index is -0.261. The molecule has 24 heavy (non-hydrogen) atoms. The Morgan fingerprint density at radius 3 is 1.96 bits per heavy atom. The molecule has 0 spiro atoms. The Balaban J connectivity index is 1.73. The number of hydrogen-bond acceptors (Lipinski definition) is 4. The molecule has 4 heteroatoms. The van der Waals surface area contributed by atoms with Gasteiger partial charge >= 0.3 is 5.97 Å². The summed E-state index contributed by atoms with van der Waals surface area (Å²) in [6.45, 7) is 11.1. The minimum absolute atomic E-state index is 0.261. The quantitative estimate of drug-likeness (QED) is 0.268. The van der Waals surface area contributed by atoms with Crippen molar-refractivity contribution in [2.24, 2.45) is 0 Å².